The summed E-state index contributed by atoms with van der Waals surface area (Å²) in [7, 11) is 0. The Balaban J connectivity index is 2.94. The molecule has 0 fully saturated rings. The van der Waals surface area contributed by atoms with Gasteiger partial charge in [0.15, 0.2) is 0 Å². The first-order valence-electron chi connectivity index (χ1n) is 6.24. The van der Waals surface area contributed by atoms with Crippen molar-refractivity contribution >= 4 is 0 Å². The molecule has 1 atom stereocenters. The molecule has 0 saturated carbocycles. The van der Waals surface area contributed by atoms with Crippen molar-refractivity contribution in [3.63, 3.8) is 0 Å². The summed E-state index contributed by atoms with van der Waals surface area (Å²) in [6.45, 7) is 6.10. The molecule has 2 N–H and O–H groups in total. The zero-order chi connectivity index (χ0) is 14.7. The molecule has 2 nitrogen and oxygen atoms in total. The molecular formula is C14H20F3NO. The van der Waals surface area contributed by atoms with E-state index in [1.165, 1.54) is 25.1 Å². The number of hydrogen-bond acceptors (Lipinski definition) is 2. The van der Waals surface area contributed by atoms with Gasteiger partial charge in [0.1, 0.15) is 0 Å². The molecule has 0 heterocycles. The Bertz CT molecular complexity index is 413. The molecule has 1 aromatic carbocycles. The molecule has 0 saturated heterocycles. The molecule has 0 bridgehead atoms. The van der Waals surface area contributed by atoms with Crippen molar-refractivity contribution in [2.45, 2.75) is 32.5 Å². The minimum absolute atomic E-state index is 0.0816. The van der Waals surface area contributed by atoms with Crippen LogP contribution in [0.4, 0.5) is 13.2 Å². The zero-order valence-corrected chi connectivity index (χ0v) is 11.4. The van der Waals surface area contributed by atoms with E-state index in [2.05, 4.69) is 5.32 Å². The summed E-state index contributed by atoms with van der Waals surface area (Å²) >= 11 is 0. The third kappa shape index (κ3) is 4.51. The number of halogens is 3. The molecule has 108 valence electrons. The molecule has 1 aromatic rings. The van der Waals surface area contributed by atoms with Gasteiger partial charge in [-0.3, -0.25) is 0 Å². The van der Waals surface area contributed by atoms with Crippen LogP contribution in [0.25, 0.3) is 0 Å². The summed E-state index contributed by atoms with van der Waals surface area (Å²) in [4.78, 5) is 0. The van der Waals surface area contributed by atoms with Crippen LogP contribution in [0.5, 0.6) is 0 Å². The van der Waals surface area contributed by atoms with E-state index in [1.807, 2.05) is 13.8 Å². The normalized spacial score (nSPS) is 15.6. The van der Waals surface area contributed by atoms with Crippen molar-refractivity contribution < 1.29 is 18.3 Å². The highest BCUT2D eigenvalue weighted by Gasteiger charge is 2.38. The number of hydrogen-bond donors (Lipinski definition) is 2. The molecule has 1 unspecified atom stereocenters. The van der Waals surface area contributed by atoms with Gasteiger partial charge in [-0.2, -0.15) is 13.2 Å². The van der Waals surface area contributed by atoms with Crippen LogP contribution in [0.1, 0.15) is 31.9 Å². The summed E-state index contributed by atoms with van der Waals surface area (Å²) in [6, 6.07) is 5.14. The molecule has 19 heavy (non-hydrogen) atoms. The highest BCUT2D eigenvalue weighted by Crippen LogP contribution is 2.36. The fraction of sp³-hybridized carbons (Fsp3) is 0.571. The summed E-state index contributed by atoms with van der Waals surface area (Å²) < 4.78 is 38.7. The van der Waals surface area contributed by atoms with Crippen molar-refractivity contribution in [3.8, 4) is 0 Å². The second-order valence-corrected chi connectivity index (χ2v) is 5.34. The first kappa shape index (κ1) is 16.0. The lowest BCUT2D eigenvalue weighted by Crippen LogP contribution is -2.38. The van der Waals surface area contributed by atoms with Gasteiger partial charge in [-0.15, -0.1) is 0 Å². The van der Waals surface area contributed by atoms with Crippen molar-refractivity contribution in [2.75, 3.05) is 13.1 Å². The number of rotatable bonds is 5. The van der Waals surface area contributed by atoms with E-state index in [-0.39, 0.29) is 12.1 Å². The van der Waals surface area contributed by atoms with Crippen molar-refractivity contribution in [1.82, 2.24) is 5.32 Å². The Morgan fingerprint density at radius 1 is 1.16 bits per heavy atom. The Morgan fingerprint density at radius 2 is 1.68 bits per heavy atom. The lowest BCUT2D eigenvalue weighted by atomic mass is 9.91. The summed E-state index contributed by atoms with van der Waals surface area (Å²) in [5.41, 5.74) is -2.44. The Hall–Kier alpha value is -1.07. The fourth-order valence-corrected chi connectivity index (χ4v) is 1.90. The monoisotopic (exact) mass is 275 g/mol. The van der Waals surface area contributed by atoms with Crippen molar-refractivity contribution in [1.29, 1.82) is 0 Å². The summed E-state index contributed by atoms with van der Waals surface area (Å²) in [5.74, 6) is 0.369. The van der Waals surface area contributed by atoms with Crippen LogP contribution in [-0.4, -0.2) is 18.2 Å². The molecule has 0 radical (unpaired) electrons. The van der Waals surface area contributed by atoms with Crippen LogP contribution < -0.4 is 5.32 Å². The highest BCUT2D eigenvalue weighted by molar-refractivity contribution is 5.34. The minimum Gasteiger partial charge on any atom is -0.384 e. The van der Waals surface area contributed by atoms with E-state index in [0.29, 0.717) is 12.5 Å². The van der Waals surface area contributed by atoms with Crippen molar-refractivity contribution in [2.24, 2.45) is 5.92 Å². The molecule has 0 aliphatic carbocycles. The largest absolute Gasteiger partial charge is 0.416 e. The Morgan fingerprint density at radius 3 is 2.16 bits per heavy atom. The molecule has 0 spiro atoms. The molecule has 5 heteroatoms. The minimum atomic E-state index is -4.46. The maximum atomic E-state index is 12.9. The molecule has 0 amide bonds. The van der Waals surface area contributed by atoms with Gasteiger partial charge >= 0.3 is 6.18 Å². The first-order valence-corrected chi connectivity index (χ1v) is 6.24. The van der Waals surface area contributed by atoms with Crippen LogP contribution in [0.3, 0.4) is 0 Å². The third-order valence-electron chi connectivity index (χ3n) is 2.83. The number of nitrogens with one attached hydrogen (secondary N) is 1. The van der Waals surface area contributed by atoms with Gasteiger partial charge in [0.25, 0.3) is 0 Å². The topological polar surface area (TPSA) is 32.3 Å². The third-order valence-corrected chi connectivity index (χ3v) is 2.83. The number of benzene rings is 1. The first-order chi connectivity index (χ1) is 8.64. The van der Waals surface area contributed by atoms with Crippen molar-refractivity contribution in [3.05, 3.63) is 35.4 Å². The van der Waals surface area contributed by atoms with Gasteiger partial charge in [0.2, 0.25) is 0 Å². The van der Waals surface area contributed by atoms with E-state index >= 15 is 0 Å². The Labute approximate surface area is 111 Å². The van der Waals surface area contributed by atoms with Gasteiger partial charge in [-0.1, -0.05) is 32.0 Å². The van der Waals surface area contributed by atoms with Crippen LogP contribution in [0.15, 0.2) is 24.3 Å². The van der Waals surface area contributed by atoms with Crippen LogP contribution >= 0.6 is 0 Å². The van der Waals surface area contributed by atoms with E-state index in [4.69, 9.17) is 0 Å². The zero-order valence-electron chi connectivity index (χ0n) is 11.4. The van der Waals surface area contributed by atoms with E-state index in [1.54, 1.807) is 0 Å². The quantitative estimate of drug-likeness (QED) is 0.865. The predicted molar refractivity (Wildman–Crippen MR) is 68.7 cm³/mol. The van der Waals surface area contributed by atoms with E-state index < -0.39 is 17.3 Å². The lowest BCUT2D eigenvalue weighted by Gasteiger charge is -2.28. The van der Waals surface area contributed by atoms with Gasteiger partial charge in [0, 0.05) is 6.54 Å². The van der Waals surface area contributed by atoms with Gasteiger partial charge in [-0.25, -0.2) is 0 Å². The SMILES string of the molecule is CC(C)CNCC(C)(O)c1ccccc1C(F)(F)F. The maximum Gasteiger partial charge on any atom is 0.416 e. The molecule has 0 aliphatic heterocycles. The van der Waals surface area contributed by atoms with Gasteiger partial charge in [-0.05, 0) is 31.0 Å². The summed E-state index contributed by atoms with van der Waals surface area (Å²) in [6.07, 6.45) is -4.46. The molecule has 0 aromatic heterocycles. The second-order valence-electron chi connectivity index (χ2n) is 5.34. The standard InChI is InChI=1S/C14H20F3NO/c1-10(2)8-18-9-13(3,19)11-6-4-5-7-12(11)14(15,16)17/h4-7,10,18-19H,8-9H2,1-3H3. The smallest absolute Gasteiger partial charge is 0.384 e. The lowest BCUT2D eigenvalue weighted by molar-refractivity contribution is -0.140. The van der Waals surface area contributed by atoms with Crippen LogP contribution in [0.2, 0.25) is 0 Å². The molecule has 1 rings (SSSR count). The average molecular weight is 275 g/mol. The summed E-state index contributed by atoms with van der Waals surface area (Å²) in [5, 5.41) is 13.3. The predicted octanol–water partition coefficient (Wildman–Crippen LogP) is 3.16. The second kappa shape index (κ2) is 5.92. The maximum absolute atomic E-state index is 12.9. The Kier molecular flexibility index (Phi) is 4.98. The van der Waals surface area contributed by atoms with Gasteiger partial charge in [0.05, 0.1) is 11.2 Å². The highest BCUT2D eigenvalue weighted by atomic mass is 19.4. The van der Waals surface area contributed by atoms with Crippen LogP contribution in [0, 0.1) is 5.92 Å². The number of aliphatic hydroxyl groups is 1. The van der Waals surface area contributed by atoms with Crippen LogP contribution in [-0.2, 0) is 11.8 Å². The average Bonchev–Trinajstić information content (AvgIpc) is 2.27. The molecule has 0 aliphatic rings. The fourth-order valence-electron chi connectivity index (χ4n) is 1.90. The van der Waals surface area contributed by atoms with Gasteiger partial charge < -0.3 is 10.4 Å². The number of alkyl halides is 3. The van der Waals surface area contributed by atoms with E-state index in [9.17, 15) is 18.3 Å². The van der Waals surface area contributed by atoms with E-state index in [0.717, 1.165) is 6.07 Å². The molecular weight excluding hydrogens is 255 g/mol.